The molecule has 4 nitrogen and oxygen atoms in total. The molecule has 0 radical (unpaired) electrons. The SMILES string of the molecule is CCn1c(CCCl)nc2cc(C(=O)O)ccc21. The third-order valence-corrected chi connectivity index (χ3v) is 2.90. The van der Waals surface area contributed by atoms with Crippen LogP contribution in [0.5, 0.6) is 0 Å². The van der Waals surface area contributed by atoms with E-state index in [-0.39, 0.29) is 5.56 Å². The number of aryl methyl sites for hydroxylation is 2. The van der Waals surface area contributed by atoms with Gasteiger partial charge in [-0.2, -0.15) is 0 Å². The summed E-state index contributed by atoms with van der Waals surface area (Å²) in [6.45, 7) is 2.83. The van der Waals surface area contributed by atoms with E-state index < -0.39 is 5.97 Å². The van der Waals surface area contributed by atoms with Gasteiger partial charge in [-0.1, -0.05) is 0 Å². The number of alkyl halides is 1. The number of carbonyl (C=O) groups is 1. The fourth-order valence-electron chi connectivity index (χ4n) is 1.94. The van der Waals surface area contributed by atoms with Crippen molar-refractivity contribution >= 4 is 28.6 Å². The van der Waals surface area contributed by atoms with E-state index in [1.807, 2.05) is 6.92 Å². The van der Waals surface area contributed by atoms with Crippen LogP contribution in [0.15, 0.2) is 18.2 Å². The number of benzene rings is 1. The molecule has 1 aromatic carbocycles. The lowest BCUT2D eigenvalue weighted by molar-refractivity contribution is 0.0697. The van der Waals surface area contributed by atoms with Crippen molar-refractivity contribution < 1.29 is 9.90 Å². The highest BCUT2D eigenvalue weighted by molar-refractivity contribution is 6.17. The van der Waals surface area contributed by atoms with Crippen LogP contribution in [-0.2, 0) is 13.0 Å². The monoisotopic (exact) mass is 252 g/mol. The van der Waals surface area contributed by atoms with Crippen LogP contribution in [0.4, 0.5) is 0 Å². The number of nitrogens with zero attached hydrogens (tertiary/aromatic N) is 2. The van der Waals surface area contributed by atoms with Gasteiger partial charge in [0.25, 0.3) is 0 Å². The van der Waals surface area contributed by atoms with Gasteiger partial charge in [-0.15, -0.1) is 11.6 Å². The Morgan fingerprint density at radius 2 is 2.29 bits per heavy atom. The van der Waals surface area contributed by atoms with Crippen molar-refractivity contribution in [3.05, 3.63) is 29.6 Å². The molecule has 90 valence electrons. The van der Waals surface area contributed by atoms with Crippen LogP contribution < -0.4 is 0 Å². The summed E-state index contributed by atoms with van der Waals surface area (Å²) in [6, 6.07) is 5.00. The largest absolute Gasteiger partial charge is 0.478 e. The zero-order chi connectivity index (χ0) is 12.4. The summed E-state index contributed by atoms with van der Waals surface area (Å²) in [5.41, 5.74) is 1.93. The average molecular weight is 253 g/mol. The number of imidazole rings is 1. The Hall–Kier alpha value is -1.55. The van der Waals surface area contributed by atoms with Gasteiger partial charge >= 0.3 is 5.97 Å². The summed E-state index contributed by atoms with van der Waals surface area (Å²) in [4.78, 5) is 15.3. The Morgan fingerprint density at radius 1 is 1.53 bits per heavy atom. The van der Waals surface area contributed by atoms with Gasteiger partial charge in [-0.3, -0.25) is 0 Å². The predicted octanol–water partition coefficient (Wildman–Crippen LogP) is 2.54. The van der Waals surface area contributed by atoms with E-state index >= 15 is 0 Å². The van der Waals surface area contributed by atoms with E-state index in [0.29, 0.717) is 17.8 Å². The summed E-state index contributed by atoms with van der Waals surface area (Å²) in [5, 5.41) is 8.93. The van der Waals surface area contributed by atoms with Crippen molar-refractivity contribution in [2.75, 3.05) is 5.88 Å². The van der Waals surface area contributed by atoms with Gasteiger partial charge in [0.05, 0.1) is 16.6 Å². The average Bonchev–Trinajstić information content (AvgIpc) is 2.65. The fourth-order valence-corrected chi connectivity index (χ4v) is 2.11. The minimum atomic E-state index is -0.933. The molecule has 1 heterocycles. The van der Waals surface area contributed by atoms with Gasteiger partial charge in [0, 0.05) is 18.8 Å². The third kappa shape index (κ3) is 2.13. The standard InChI is InChI=1S/C12H13ClN2O2/c1-2-15-10-4-3-8(12(16)17)7-9(10)14-11(15)5-6-13/h3-4,7H,2,5-6H2,1H3,(H,16,17). The minimum Gasteiger partial charge on any atom is -0.478 e. The van der Waals surface area contributed by atoms with Gasteiger partial charge in [0.1, 0.15) is 5.82 Å². The molecule has 5 heteroatoms. The maximum absolute atomic E-state index is 10.9. The van der Waals surface area contributed by atoms with Crippen LogP contribution in [0.25, 0.3) is 11.0 Å². The van der Waals surface area contributed by atoms with Gasteiger partial charge in [0.15, 0.2) is 0 Å². The highest BCUT2D eigenvalue weighted by Crippen LogP contribution is 2.18. The molecule has 0 atom stereocenters. The number of fused-ring (bicyclic) bond motifs is 1. The first kappa shape index (κ1) is 11.9. The van der Waals surface area contributed by atoms with Crippen molar-refractivity contribution in [3.8, 4) is 0 Å². The maximum Gasteiger partial charge on any atom is 0.335 e. The number of rotatable bonds is 4. The van der Waals surface area contributed by atoms with Crippen molar-refractivity contribution in [2.45, 2.75) is 19.9 Å². The summed E-state index contributed by atoms with van der Waals surface area (Å²) in [6.07, 6.45) is 0.687. The highest BCUT2D eigenvalue weighted by atomic mass is 35.5. The molecular formula is C12H13ClN2O2. The normalized spacial score (nSPS) is 10.9. The van der Waals surface area contributed by atoms with Crippen LogP contribution >= 0.6 is 11.6 Å². The molecule has 0 spiro atoms. The van der Waals surface area contributed by atoms with E-state index in [1.54, 1.807) is 18.2 Å². The maximum atomic E-state index is 10.9. The minimum absolute atomic E-state index is 0.260. The smallest absolute Gasteiger partial charge is 0.335 e. The van der Waals surface area contributed by atoms with Gasteiger partial charge in [-0.25, -0.2) is 9.78 Å². The molecule has 0 amide bonds. The van der Waals surface area contributed by atoms with E-state index in [9.17, 15) is 4.79 Å². The Bertz CT molecular complexity index is 563. The van der Waals surface area contributed by atoms with Crippen molar-refractivity contribution in [1.29, 1.82) is 0 Å². The van der Waals surface area contributed by atoms with Crippen LogP contribution in [0.3, 0.4) is 0 Å². The lowest BCUT2D eigenvalue weighted by atomic mass is 10.2. The molecule has 2 rings (SSSR count). The number of carboxylic acid groups (broad SMARTS) is 1. The molecule has 0 saturated carbocycles. The molecule has 0 bridgehead atoms. The molecule has 0 aliphatic carbocycles. The topological polar surface area (TPSA) is 55.1 Å². The molecule has 2 aromatic rings. The second-order valence-corrected chi connectivity index (χ2v) is 4.10. The van der Waals surface area contributed by atoms with Crippen LogP contribution in [0, 0.1) is 0 Å². The number of carboxylic acids is 1. The third-order valence-electron chi connectivity index (χ3n) is 2.71. The van der Waals surface area contributed by atoms with Crippen LogP contribution in [0.1, 0.15) is 23.1 Å². The van der Waals surface area contributed by atoms with Gasteiger partial charge in [-0.05, 0) is 25.1 Å². The quantitative estimate of drug-likeness (QED) is 0.851. The first-order valence-corrected chi connectivity index (χ1v) is 5.99. The van der Waals surface area contributed by atoms with Crippen LogP contribution in [0.2, 0.25) is 0 Å². The Morgan fingerprint density at radius 3 is 2.88 bits per heavy atom. The molecule has 0 fully saturated rings. The summed E-state index contributed by atoms with van der Waals surface area (Å²) < 4.78 is 2.06. The Labute approximate surface area is 104 Å². The molecule has 0 saturated heterocycles. The zero-order valence-corrected chi connectivity index (χ0v) is 10.2. The second-order valence-electron chi connectivity index (χ2n) is 3.72. The Balaban J connectivity index is 2.60. The molecule has 1 N–H and O–H groups in total. The van der Waals surface area contributed by atoms with Crippen molar-refractivity contribution in [3.63, 3.8) is 0 Å². The molecule has 0 aliphatic heterocycles. The van der Waals surface area contributed by atoms with Crippen molar-refractivity contribution in [1.82, 2.24) is 9.55 Å². The molecule has 17 heavy (non-hydrogen) atoms. The molecular weight excluding hydrogens is 240 g/mol. The number of aromatic carboxylic acids is 1. The second kappa shape index (κ2) is 4.75. The van der Waals surface area contributed by atoms with Gasteiger partial charge < -0.3 is 9.67 Å². The van der Waals surface area contributed by atoms with Crippen LogP contribution in [-0.4, -0.2) is 26.5 Å². The number of aromatic nitrogens is 2. The Kier molecular flexibility index (Phi) is 3.33. The summed E-state index contributed by atoms with van der Waals surface area (Å²) >= 11 is 5.73. The first-order valence-electron chi connectivity index (χ1n) is 5.45. The number of halogens is 1. The van der Waals surface area contributed by atoms with Crippen molar-refractivity contribution in [2.24, 2.45) is 0 Å². The van der Waals surface area contributed by atoms with E-state index in [0.717, 1.165) is 17.9 Å². The number of hydrogen-bond donors (Lipinski definition) is 1. The molecule has 0 aliphatic rings. The zero-order valence-electron chi connectivity index (χ0n) is 9.48. The van der Waals surface area contributed by atoms with E-state index in [2.05, 4.69) is 9.55 Å². The fraction of sp³-hybridized carbons (Fsp3) is 0.333. The summed E-state index contributed by atoms with van der Waals surface area (Å²) in [7, 11) is 0. The van der Waals surface area contributed by atoms with E-state index in [1.165, 1.54) is 0 Å². The van der Waals surface area contributed by atoms with E-state index in [4.69, 9.17) is 16.7 Å². The lowest BCUT2D eigenvalue weighted by Gasteiger charge is -2.03. The summed E-state index contributed by atoms with van der Waals surface area (Å²) in [5.74, 6) is 0.478. The first-order chi connectivity index (χ1) is 8.17. The lowest BCUT2D eigenvalue weighted by Crippen LogP contribution is -2.02. The molecule has 0 unspecified atom stereocenters. The predicted molar refractivity (Wildman–Crippen MR) is 66.8 cm³/mol. The highest BCUT2D eigenvalue weighted by Gasteiger charge is 2.11. The van der Waals surface area contributed by atoms with Gasteiger partial charge in [0.2, 0.25) is 0 Å². The number of hydrogen-bond acceptors (Lipinski definition) is 2. The molecule has 1 aromatic heterocycles.